The van der Waals surface area contributed by atoms with Gasteiger partial charge in [-0.1, -0.05) is 0 Å². The van der Waals surface area contributed by atoms with Gasteiger partial charge in [-0.2, -0.15) is 26.3 Å². The van der Waals surface area contributed by atoms with Crippen LogP contribution in [-0.2, 0) is 18.9 Å². The highest BCUT2D eigenvalue weighted by atomic mass is 35.5. The Labute approximate surface area is 118 Å². The lowest BCUT2D eigenvalue weighted by Crippen LogP contribution is -2.14. The molecule has 0 saturated heterocycles. The van der Waals surface area contributed by atoms with E-state index in [2.05, 4.69) is 5.32 Å². The SMILES string of the molecule is CNCc1cc(C(F)(F)F)cc(C(F)(F)F)c1.Cl.Cl. The van der Waals surface area contributed by atoms with Crippen molar-refractivity contribution in [2.24, 2.45) is 0 Å². The van der Waals surface area contributed by atoms with Crippen molar-refractivity contribution in [2.45, 2.75) is 18.9 Å². The molecule has 1 aromatic rings. The van der Waals surface area contributed by atoms with Gasteiger partial charge in [0.25, 0.3) is 0 Å². The van der Waals surface area contributed by atoms with Crippen LogP contribution in [0.4, 0.5) is 26.3 Å². The number of alkyl halides is 6. The maximum Gasteiger partial charge on any atom is 0.416 e. The standard InChI is InChI=1S/C10H9F6N.2ClH/c1-17-5-6-2-7(9(11,12)13)4-8(3-6)10(14,15)16;;/h2-4,17H,5H2,1H3;2*1H. The number of hydrogen-bond donors (Lipinski definition) is 1. The van der Waals surface area contributed by atoms with Gasteiger partial charge in [0.2, 0.25) is 0 Å². The lowest BCUT2D eigenvalue weighted by atomic mass is 10.0. The van der Waals surface area contributed by atoms with Crippen molar-refractivity contribution in [3.8, 4) is 0 Å². The molecule has 1 nitrogen and oxygen atoms in total. The molecule has 0 aliphatic carbocycles. The van der Waals surface area contributed by atoms with E-state index >= 15 is 0 Å². The Hall–Kier alpha value is -0.660. The summed E-state index contributed by atoms with van der Waals surface area (Å²) < 4.78 is 74.3. The van der Waals surface area contributed by atoms with Gasteiger partial charge in [0.15, 0.2) is 0 Å². The summed E-state index contributed by atoms with van der Waals surface area (Å²) in [6.45, 7) is -0.0625. The third-order valence-corrected chi connectivity index (χ3v) is 2.03. The van der Waals surface area contributed by atoms with Crippen LogP contribution in [0.15, 0.2) is 18.2 Å². The molecule has 1 rings (SSSR count). The van der Waals surface area contributed by atoms with Crippen molar-refractivity contribution < 1.29 is 26.3 Å². The first-order valence-electron chi connectivity index (χ1n) is 4.57. The van der Waals surface area contributed by atoms with Gasteiger partial charge in [-0.3, -0.25) is 0 Å². The molecule has 0 aromatic heterocycles. The normalized spacial score (nSPS) is 11.5. The van der Waals surface area contributed by atoms with Gasteiger partial charge in [0.05, 0.1) is 11.1 Å². The Bertz CT molecular complexity index is 370. The van der Waals surface area contributed by atoms with Gasteiger partial charge in [-0.15, -0.1) is 24.8 Å². The zero-order valence-electron chi connectivity index (χ0n) is 9.52. The van der Waals surface area contributed by atoms with Crippen LogP contribution in [-0.4, -0.2) is 7.05 Å². The van der Waals surface area contributed by atoms with Crippen molar-refractivity contribution >= 4 is 24.8 Å². The second-order valence-electron chi connectivity index (χ2n) is 3.44. The second kappa shape index (κ2) is 7.21. The monoisotopic (exact) mass is 329 g/mol. The predicted octanol–water partition coefficient (Wildman–Crippen LogP) is 4.29. The minimum Gasteiger partial charge on any atom is -0.316 e. The highest BCUT2D eigenvalue weighted by Gasteiger charge is 2.36. The van der Waals surface area contributed by atoms with Crippen LogP contribution in [0.3, 0.4) is 0 Å². The summed E-state index contributed by atoms with van der Waals surface area (Å²) in [6.07, 6.45) is -9.58. The van der Waals surface area contributed by atoms with Crippen LogP contribution in [0, 0.1) is 0 Å². The van der Waals surface area contributed by atoms with Crippen LogP contribution in [0.2, 0.25) is 0 Å². The van der Waals surface area contributed by atoms with E-state index in [0.29, 0.717) is 12.1 Å². The van der Waals surface area contributed by atoms with Crippen LogP contribution < -0.4 is 5.32 Å². The first-order chi connectivity index (χ1) is 7.64. The van der Waals surface area contributed by atoms with Crippen molar-refractivity contribution in [3.63, 3.8) is 0 Å². The Morgan fingerprint density at radius 3 is 1.47 bits per heavy atom. The highest BCUT2D eigenvalue weighted by Crippen LogP contribution is 2.36. The molecular weight excluding hydrogens is 319 g/mol. The Kier molecular flexibility index (Phi) is 7.84. The van der Waals surface area contributed by atoms with E-state index in [4.69, 9.17) is 0 Å². The molecule has 0 aliphatic heterocycles. The number of nitrogens with one attached hydrogen (secondary N) is 1. The second-order valence-corrected chi connectivity index (χ2v) is 3.44. The van der Waals surface area contributed by atoms with Gasteiger partial charge in [-0.05, 0) is 30.8 Å². The maximum atomic E-state index is 12.4. The summed E-state index contributed by atoms with van der Waals surface area (Å²) in [7, 11) is 1.44. The van der Waals surface area contributed by atoms with Crippen molar-refractivity contribution in [3.05, 3.63) is 34.9 Å². The largest absolute Gasteiger partial charge is 0.416 e. The quantitative estimate of drug-likeness (QED) is 0.798. The molecule has 0 fully saturated rings. The Morgan fingerprint density at radius 1 is 0.842 bits per heavy atom. The molecule has 112 valence electrons. The highest BCUT2D eigenvalue weighted by molar-refractivity contribution is 5.85. The van der Waals surface area contributed by atoms with Gasteiger partial charge in [0, 0.05) is 6.54 Å². The maximum absolute atomic E-state index is 12.4. The average molecular weight is 330 g/mol. The minimum absolute atomic E-state index is 0. The van der Waals surface area contributed by atoms with E-state index in [1.54, 1.807) is 0 Å². The van der Waals surface area contributed by atoms with Crippen LogP contribution in [0.1, 0.15) is 16.7 Å². The third-order valence-electron chi connectivity index (χ3n) is 2.03. The number of benzene rings is 1. The molecular formula is C10H11Cl2F6N. The van der Waals surface area contributed by atoms with Crippen LogP contribution in [0.25, 0.3) is 0 Å². The predicted molar refractivity (Wildman–Crippen MR) is 63.7 cm³/mol. The molecule has 0 heterocycles. The molecule has 1 N–H and O–H groups in total. The summed E-state index contributed by atoms with van der Waals surface area (Å²) in [4.78, 5) is 0. The van der Waals surface area contributed by atoms with Crippen molar-refractivity contribution in [2.75, 3.05) is 7.05 Å². The van der Waals surface area contributed by atoms with E-state index in [9.17, 15) is 26.3 Å². The number of halogens is 8. The first kappa shape index (κ1) is 20.7. The molecule has 0 bridgehead atoms. The molecule has 0 unspecified atom stereocenters. The summed E-state index contributed by atoms with van der Waals surface area (Å²) in [6, 6.07) is 1.51. The fourth-order valence-corrected chi connectivity index (χ4v) is 1.33. The van der Waals surface area contributed by atoms with E-state index in [1.807, 2.05) is 0 Å². The molecule has 0 aliphatic rings. The molecule has 0 amide bonds. The fraction of sp³-hybridized carbons (Fsp3) is 0.400. The zero-order chi connectivity index (χ0) is 13.3. The summed E-state index contributed by atoms with van der Waals surface area (Å²) >= 11 is 0. The molecule has 0 spiro atoms. The number of hydrogen-bond acceptors (Lipinski definition) is 1. The molecule has 9 heteroatoms. The van der Waals surface area contributed by atoms with E-state index in [-0.39, 0.29) is 43.0 Å². The van der Waals surface area contributed by atoms with Gasteiger partial charge >= 0.3 is 12.4 Å². The average Bonchev–Trinajstić information content (AvgIpc) is 2.15. The lowest BCUT2D eigenvalue weighted by molar-refractivity contribution is -0.143. The van der Waals surface area contributed by atoms with Crippen molar-refractivity contribution in [1.29, 1.82) is 0 Å². The van der Waals surface area contributed by atoms with Crippen LogP contribution in [0.5, 0.6) is 0 Å². The lowest BCUT2D eigenvalue weighted by Gasteiger charge is -2.13. The van der Waals surface area contributed by atoms with E-state index < -0.39 is 23.5 Å². The zero-order valence-corrected chi connectivity index (χ0v) is 11.2. The molecule has 1 aromatic carbocycles. The van der Waals surface area contributed by atoms with E-state index in [1.165, 1.54) is 7.05 Å². The molecule has 19 heavy (non-hydrogen) atoms. The molecule has 0 saturated carbocycles. The summed E-state index contributed by atoms with van der Waals surface area (Å²) in [5, 5.41) is 2.51. The van der Waals surface area contributed by atoms with Crippen LogP contribution >= 0.6 is 24.8 Å². The molecule has 0 radical (unpaired) electrons. The Morgan fingerprint density at radius 2 is 1.21 bits per heavy atom. The topological polar surface area (TPSA) is 12.0 Å². The molecule has 0 atom stereocenters. The van der Waals surface area contributed by atoms with E-state index in [0.717, 1.165) is 0 Å². The number of rotatable bonds is 2. The van der Waals surface area contributed by atoms with Gasteiger partial charge in [-0.25, -0.2) is 0 Å². The minimum atomic E-state index is -4.79. The van der Waals surface area contributed by atoms with Gasteiger partial charge < -0.3 is 5.32 Å². The first-order valence-corrected chi connectivity index (χ1v) is 4.57. The smallest absolute Gasteiger partial charge is 0.316 e. The summed E-state index contributed by atoms with van der Waals surface area (Å²) in [5.74, 6) is 0. The van der Waals surface area contributed by atoms with Crippen molar-refractivity contribution in [1.82, 2.24) is 5.32 Å². The summed E-state index contributed by atoms with van der Waals surface area (Å²) in [5.41, 5.74) is -2.65. The Balaban J connectivity index is 0. The van der Waals surface area contributed by atoms with Gasteiger partial charge in [0.1, 0.15) is 0 Å². The third kappa shape index (κ3) is 5.88. The fourth-order valence-electron chi connectivity index (χ4n) is 1.33.